The minimum Gasteiger partial charge on any atom is -0.308 e. The van der Waals surface area contributed by atoms with Crippen molar-refractivity contribution in [1.82, 2.24) is 15.1 Å². The Hall–Kier alpha value is -0.880. The third kappa shape index (κ3) is 3.81. The maximum absolute atomic E-state index is 11.6. The fourth-order valence-electron chi connectivity index (χ4n) is 1.66. The zero-order valence-electron chi connectivity index (χ0n) is 10.8. The largest absolute Gasteiger partial charge is 0.308 e. The molecule has 1 aromatic rings. The topological polar surface area (TPSA) is 64.0 Å². The summed E-state index contributed by atoms with van der Waals surface area (Å²) in [5, 5.41) is 7.06. The molecule has 0 amide bonds. The number of nitrogens with one attached hydrogen (secondary N) is 1. The fourth-order valence-corrected chi connectivity index (χ4v) is 2.39. The molecule has 0 aliphatic carbocycles. The van der Waals surface area contributed by atoms with Crippen LogP contribution in [0.5, 0.6) is 0 Å². The van der Waals surface area contributed by atoms with E-state index in [-0.39, 0.29) is 6.04 Å². The first-order valence-corrected chi connectivity index (χ1v) is 7.73. The van der Waals surface area contributed by atoms with Gasteiger partial charge in [0.05, 0.1) is 17.0 Å². The molecule has 1 heterocycles. The molecular formula is C11H21N3O2S. The predicted octanol–water partition coefficient (Wildman–Crippen LogP) is 0.894. The van der Waals surface area contributed by atoms with E-state index >= 15 is 0 Å². The summed E-state index contributed by atoms with van der Waals surface area (Å²) in [5.41, 5.74) is 0.777. The van der Waals surface area contributed by atoms with Crippen molar-refractivity contribution in [3.05, 3.63) is 18.0 Å². The van der Waals surface area contributed by atoms with Gasteiger partial charge in [-0.25, -0.2) is 8.42 Å². The molecular weight excluding hydrogens is 238 g/mol. The summed E-state index contributed by atoms with van der Waals surface area (Å²) in [5.74, 6) is 0. The molecule has 1 aromatic heterocycles. The smallest absolute Gasteiger partial charge is 0.151 e. The summed E-state index contributed by atoms with van der Waals surface area (Å²) in [4.78, 5) is 0. The van der Waals surface area contributed by atoms with E-state index < -0.39 is 15.1 Å². The van der Waals surface area contributed by atoms with Gasteiger partial charge in [-0.2, -0.15) is 5.10 Å². The number of rotatable bonds is 6. The molecule has 2 unspecified atom stereocenters. The van der Waals surface area contributed by atoms with Crippen LogP contribution < -0.4 is 5.32 Å². The van der Waals surface area contributed by atoms with Gasteiger partial charge in [0, 0.05) is 19.5 Å². The maximum atomic E-state index is 11.6. The summed E-state index contributed by atoms with van der Waals surface area (Å²) in [6.45, 7) is 4.55. The Kier molecular flexibility index (Phi) is 4.70. The molecule has 0 fully saturated rings. The monoisotopic (exact) mass is 259 g/mol. The lowest BCUT2D eigenvalue weighted by molar-refractivity contribution is 0.487. The van der Waals surface area contributed by atoms with Crippen LogP contribution in [0.2, 0.25) is 0 Å². The average molecular weight is 259 g/mol. The minimum absolute atomic E-state index is 0.244. The second-order valence-electron chi connectivity index (χ2n) is 4.38. The van der Waals surface area contributed by atoms with Crippen molar-refractivity contribution in [3.63, 3.8) is 0 Å². The van der Waals surface area contributed by atoms with Gasteiger partial charge in [0.25, 0.3) is 0 Å². The zero-order chi connectivity index (χ0) is 13.1. The van der Waals surface area contributed by atoms with E-state index in [1.807, 2.05) is 26.2 Å². The van der Waals surface area contributed by atoms with Crippen LogP contribution >= 0.6 is 0 Å². The molecule has 17 heavy (non-hydrogen) atoms. The van der Waals surface area contributed by atoms with Crippen molar-refractivity contribution in [2.75, 3.05) is 12.8 Å². The van der Waals surface area contributed by atoms with E-state index in [0.717, 1.165) is 18.7 Å². The van der Waals surface area contributed by atoms with Crippen LogP contribution in [0.15, 0.2) is 12.3 Å². The Balaban J connectivity index is 2.95. The quantitative estimate of drug-likeness (QED) is 0.824. The lowest BCUT2D eigenvalue weighted by atomic mass is 10.1. The van der Waals surface area contributed by atoms with E-state index in [2.05, 4.69) is 10.4 Å². The summed E-state index contributed by atoms with van der Waals surface area (Å²) in [7, 11) is -1.26. The highest BCUT2D eigenvalue weighted by molar-refractivity contribution is 7.91. The van der Waals surface area contributed by atoms with Gasteiger partial charge in [-0.05, 0) is 26.0 Å². The van der Waals surface area contributed by atoms with Gasteiger partial charge in [-0.3, -0.25) is 4.68 Å². The molecule has 1 rings (SSSR count). The summed E-state index contributed by atoms with van der Waals surface area (Å²) < 4.78 is 25.0. The van der Waals surface area contributed by atoms with E-state index in [9.17, 15) is 8.42 Å². The number of sulfone groups is 1. The van der Waals surface area contributed by atoms with Crippen molar-refractivity contribution in [2.45, 2.75) is 31.6 Å². The fraction of sp³-hybridized carbons (Fsp3) is 0.727. The summed E-state index contributed by atoms with van der Waals surface area (Å²) in [6.07, 6.45) is 4.05. The van der Waals surface area contributed by atoms with Gasteiger partial charge in [-0.1, -0.05) is 6.92 Å². The van der Waals surface area contributed by atoms with Crippen molar-refractivity contribution in [1.29, 1.82) is 0 Å². The molecule has 0 bridgehead atoms. The Morgan fingerprint density at radius 1 is 1.53 bits per heavy atom. The van der Waals surface area contributed by atoms with Crippen LogP contribution in [0.4, 0.5) is 0 Å². The number of hydrogen-bond donors (Lipinski definition) is 1. The lowest BCUT2D eigenvalue weighted by Gasteiger charge is -2.22. The number of aromatic nitrogens is 2. The Bertz CT molecular complexity index is 453. The van der Waals surface area contributed by atoms with Crippen molar-refractivity contribution < 1.29 is 8.42 Å². The van der Waals surface area contributed by atoms with Crippen LogP contribution in [-0.4, -0.2) is 36.2 Å². The normalized spacial score (nSPS) is 15.8. The molecule has 0 aliphatic heterocycles. The standard InChI is InChI=1S/C11H21N3O2S/c1-5-7-12-11(9(2)17(4,15)16)10-6-8-14(3)13-10/h6,8-9,11-12H,5,7H2,1-4H3. The van der Waals surface area contributed by atoms with Gasteiger partial charge in [0.15, 0.2) is 9.84 Å². The Labute approximate surface area is 103 Å². The van der Waals surface area contributed by atoms with Crippen LogP contribution in [0, 0.1) is 0 Å². The SMILES string of the molecule is CCCNC(c1ccn(C)n1)C(C)S(C)(=O)=O. The van der Waals surface area contributed by atoms with Crippen molar-refractivity contribution in [2.24, 2.45) is 7.05 Å². The van der Waals surface area contributed by atoms with E-state index in [0.29, 0.717) is 0 Å². The molecule has 0 saturated heterocycles. The van der Waals surface area contributed by atoms with Gasteiger partial charge in [0.2, 0.25) is 0 Å². The highest BCUT2D eigenvalue weighted by atomic mass is 32.2. The number of aryl methyl sites for hydroxylation is 1. The third-order valence-electron chi connectivity index (χ3n) is 2.81. The molecule has 6 heteroatoms. The average Bonchev–Trinajstić information content (AvgIpc) is 2.64. The lowest BCUT2D eigenvalue weighted by Crippen LogP contribution is -2.35. The maximum Gasteiger partial charge on any atom is 0.151 e. The zero-order valence-corrected chi connectivity index (χ0v) is 11.7. The number of hydrogen-bond acceptors (Lipinski definition) is 4. The summed E-state index contributed by atoms with van der Waals surface area (Å²) in [6, 6.07) is 1.61. The van der Waals surface area contributed by atoms with Gasteiger partial charge in [0.1, 0.15) is 0 Å². The second-order valence-corrected chi connectivity index (χ2v) is 6.78. The molecule has 98 valence electrons. The first kappa shape index (κ1) is 14.2. The van der Waals surface area contributed by atoms with Crippen LogP contribution in [-0.2, 0) is 16.9 Å². The van der Waals surface area contributed by atoms with Gasteiger partial charge < -0.3 is 5.32 Å². The predicted molar refractivity (Wildman–Crippen MR) is 68.5 cm³/mol. The van der Waals surface area contributed by atoms with E-state index in [1.54, 1.807) is 11.6 Å². The first-order chi connectivity index (χ1) is 7.86. The van der Waals surface area contributed by atoms with Crippen LogP contribution in [0.1, 0.15) is 32.0 Å². The van der Waals surface area contributed by atoms with Crippen LogP contribution in [0.3, 0.4) is 0 Å². The highest BCUT2D eigenvalue weighted by Gasteiger charge is 2.28. The molecule has 0 spiro atoms. The molecule has 0 radical (unpaired) electrons. The molecule has 0 aliphatic rings. The Morgan fingerprint density at radius 2 is 2.18 bits per heavy atom. The van der Waals surface area contributed by atoms with E-state index in [1.165, 1.54) is 6.26 Å². The minimum atomic E-state index is -3.08. The van der Waals surface area contributed by atoms with Gasteiger partial charge >= 0.3 is 0 Å². The molecule has 1 N–H and O–H groups in total. The Morgan fingerprint density at radius 3 is 2.59 bits per heavy atom. The van der Waals surface area contributed by atoms with E-state index in [4.69, 9.17) is 0 Å². The molecule has 5 nitrogen and oxygen atoms in total. The number of nitrogens with zero attached hydrogens (tertiary/aromatic N) is 2. The molecule has 0 aromatic carbocycles. The van der Waals surface area contributed by atoms with Crippen LogP contribution in [0.25, 0.3) is 0 Å². The second kappa shape index (κ2) is 5.64. The third-order valence-corrected chi connectivity index (χ3v) is 4.43. The first-order valence-electron chi connectivity index (χ1n) is 5.78. The molecule has 2 atom stereocenters. The van der Waals surface area contributed by atoms with Crippen molar-refractivity contribution in [3.8, 4) is 0 Å². The molecule has 0 saturated carbocycles. The summed E-state index contributed by atoms with van der Waals surface area (Å²) >= 11 is 0. The van der Waals surface area contributed by atoms with Crippen molar-refractivity contribution >= 4 is 9.84 Å². The highest BCUT2D eigenvalue weighted by Crippen LogP contribution is 2.20. The van der Waals surface area contributed by atoms with Gasteiger partial charge in [-0.15, -0.1) is 0 Å².